The molecule has 2 atom stereocenters. The summed E-state index contributed by atoms with van der Waals surface area (Å²) in [6.45, 7) is 2.88. The molecule has 2 N–H and O–H groups in total. The van der Waals surface area contributed by atoms with Gasteiger partial charge in [0.25, 0.3) is 0 Å². The van der Waals surface area contributed by atoms with Gasteiger partial charge in [0.15, 0.2) is 0 Å². The minimum Gasteiger partial charge on any atom is -0.380 e. The van der Waals surface area contributed by atoms with E-state index in [9.17, 15) is 0 Å². The van der Waals surface area contributed by atoms with Gasteiger partial charge in [-0.1, -0.05) is 6.42 Å². The molecule has 15 heavy (non-hydrogen) atoms. The van der Waals surface area contributed by atoms with Crippen molar-refractivity contribution in [1.82, 2.24) is 4.90 Å². The zero-order chi connectivity index (χ0) is 10.7. The van der Waals surface area contributed by atoms with Gasteiger partial charge in [-0.05, 0) is 38.6 Å². The maximum atomic E-state index is 6.06. The fraction of sp³-hybridized carbons (Fsp3) is 1.00. The van der Waals surface area contributed by atoms with Crippen LogP contribution >= 0.6 is 0 Å². The standard InChI is InChI=1S/C12H24N2O/c1-14(12-4-2-3-11(12)13)7-8-15-9-10-5-6-10/h10-12H,2-9,13H2,1H3. The molecule has 0 aromatic carbocycles. The van der Waals surface area contributed by atoms with Crippen molar-refractivity contribution < 1.29 is 4.74 Å². The molecule has 3 nitrogen and oxygen atoms in total. The molecule has 2 rings (SSSR count). The number of hydrogen-bond acceptors (Lipinski definition) is 3. The van der Waals surface area contributed by atoms with Crippen LogP contribution in [-0.2, 0) is 4.74 Å². The van der Waals surface area contributed by atoms with Gasteiger partial charge in [-0.3, -0.25) is 4.90 Å². The van der Waals surface area contributed by atoms with Crippen LogP contribution in [0.2, 0.25) is 0 Å². The summed E-state index contributed by atoms with van der Waals surface area (Å²) in [5.74, 6) is 0.879. The van der Waals surface area contributed by atoms with Crippen LogP contribution in [0.5, 0.6) is 0 Å². The molecule has 2 saturated carbocycles. The summed E-state index contributed by atoms with van der Waals surface area (Å²) in [6.07, 6.45) is 6.50. The highest BCUT2D eigenvalue weighted by Crippen LogP contribution is 2.28. The van der Waals surface area contributed by atoms with Crippen LogP contribution < -0.4 is 5.73 Å². The maximum Gasteiger partial charge on any atom is 0.0593 e. The topological polar surface area (TPSA) is 38.5 Å². The number of nitrogens with two attached hydrogens (primary N) is 1. The molecule has 0 aliphatic heterocycles. The van der Waals surface area contributed by atoms with Crippen LogP contribution in [-0.4, -0.2) is 43.8 Å². The van der Waals surface area contributed by atoms with Crippen molar-refractivity contribution in [2.24, 2.45) is 11.7 Å². The van der Waals surface area contributed by atoms with Gasteiger partial charge in [-0.2, -0.15) is 0 Å². The largest absolute Gasteiger partial charge is 0.380 e. The van der Waals surface area contributed by atoms with E-state index in [2.05, 4.69) is 11.9 Å². The number of ether oxygens (including phenoxy) is 1. The molecule has 88 valence electrons. The summed E-state index contributed by atoms with van der Waals surface area (Å²) in [7, 11) is 2.18. The molecule has 0 saturated heterocycles. The Balaban J connectivity index is 1.56. The third-order valence-electron chi connectivity index (χ3n) is 3.74. The molecule has 0 bridgehead atoms. The summed E-state index contributed by atoms with van der Waals surface area (Å²) in [5.41, 5.74) is 6.06. The Bertz CT molecular complexity index is 194. The molecule has 0 aromatic heterocycles. The average molecular weight is 212 g/mol. The molecule has 0 aromatic rings. The Kier molecular flexibility index (Phi) is 4.00. The van der Waals surface area contributed by atoms with E-state index in [-0.39, 0.29) is 0 Å². The first-order valence-corrected chi connectivity index (χ1v) is 6.31. The van der Waals surface area contributed by atoms with Crippen molar-refractivity contribution in [2.75, 3.05) is 26.8 Å². The predicted molar refractivity (Wildman–Crippen MR) is 61.8 cm³/mol. The summed E-state index contributed by atoms with van der Waals surface area (Å²) in [5, 5.41) is 0. The minimum absolute atomic E-state index is 0.387. The molecular formula is C12H24N2O. The lowest BCUT2D eigenvalue weighted by Crippen LogP contribution is -2.43. The van der Waals surface area contributed by atoms with Crippen molar-refractivity contribution >= 4 is 0 Å². The summed E-state index contributed by atoms with van der Waals surface area (Å²) >= 11 is 0. The first-order valence-electron chi connectivity index (χ1n) is 6.31. The van der Waals surface area contributed by atoms with E-state index in [1.165, 1.54) is 32.1 Å². The first-order chi connectivity index (χ1) is 7.27. The van der Waals surface area contributed by atoms with Crippen LogP contribution in [0.3, 0.4) is 0 Å². The zero-order valence-electron chi connectivity index (χ0n) is 9.82. The lowest BCUT2D eigenvalue weighted by molar-refractivity contribution is 0.0897. The van der Waals surface area contributed by atoms with Crippen LogP contribution in [0.1, 0.15) is 32.1 Å². The van der Waals surface area contributed by atoms with E-state index in [0.717, 1.165) is 25.7 Å². The van der Waals surface area contributed by atoms with Gasteiger partial charge in [0, 0.05) is 25.2 Å². The Labute approximate surface area is 93.0 Å². The molecule has 2 aliphatic rings. The van der Waals surface area contributed by atoms with Crippen molar-refractivity contribution in [3.8, 4) is 0 Å². The molecule has 0 spiro atoms. The Hall–Kier alpha value is -0.120. The number of nitrogens with zero attached hydrogens (tertiary/aromatic N) is 1. The smallest absolute Gasteiger partial charge is 0.0593 e. The maximum absolute atomic E-state index is 6.06. The highest BCUT2D eigenvalue weighted by molar-refractivity contribution is 4.86. The normalized spacial score (nSPS) is 31.4. The minimum atomic E-state index is 0.387. The van der Waals surface area contributed by atoms with Gasteiger partial charge in [0.2, 0.25) is 0 Å². The van der Waals surface area contributed by atoms with Crippen molar-refractivity contribution in [3.63, 3.8) is 0 Å². The Morgan fingerprint density at radius 1 is 1.27 bits per heavy atom. The van der Waals surface area contributed by atoms with E-state index in [4.69, 9.17) is 10.5 Å². The summed E-state index contributed by atoms with van der Waals surface area (Å²) < 4.78 is 5.64. The highest BCUT2D eigenvalue weighted by atomic mass is 16.5. The second-order valence-corrected chi connectivity index (χ2v) is 5.16. The van der Waals surface area contributed by atoms with E-state index >= 15 is 0 Å². The monoisotopic (exact) mass is 212 g/mol. The van der Waals surface area contributed by atoms with E-state index in [1.807, 2.05) is 0 Å². The Morgan fingerprint density at radius 2 is 2.07 bits per heavy atom. The molecule has 3 heteroatoms. The van der Waals surface area contributed by atoms with E-state index < -0.39 is 0 Å². The van der Waals surface area contributed by atoms with Crippen LogP contribution in [0.4, 0.5) is 0 Å². The van der Waals surface area contributed by atoms with Crippen molar-refractivity contribution in [3.05, 3.63) is 0 Å². The second-order valence-electron chi connectivity index (χ2n) is 5.16. The van der Waals surface area contributed by atoms with E-state index in [0.29, 0.717) is 12.1 Å². The van der Waals surface area contributed by atoms with Crippen molar-refractivity contribution in [1.29, 1.82) is 0 Å². The third kappa shape index (κ3) is 3.44. The predicted octanol–water partition coefficient (Wildman–Crippen LogP) is 1.22. The lowest BCUT2D eigenvalue weighted by Gasteiger charge is -2.27. The fourth-order valence-corrected chi connectivity index (χ4v) is 2.43. The molecule has 2 unspecified atom stereocenters. The molecule has 0 amide bonds. The SMILES string of the molecule is CN(CCOCC1CC1)C1CCCC1N. The Morgan fingerprint density at radius 3 is 2.67 bits per heavy atom. The molecule has 0 heterocycles. The van der Waals surface area contributed by atoms with Gasteiger partial charge in [0.05, 0.1) is 6.61 Å². The third-order valence-corrected chi connectivity index (χ3v) is 3.74. The van der Waals surface area contributed by atoms with E-state index in [1.54, 1.807) is 0 Å². The van der Waals surface area contributed by atoms with Crippen LogP contribution in [0.15, 0.2) is 0 Å². The fourth-order valence-electron chi connectivity index (χ4n) is 2.43. The van der Waals surface area contributed by atoms with Crippen LogP contribution in [0, 0.1) is 5.92 Å². The zero-order valence-corrected chi connectivity index (χ0v) is 9.82. The van der Waals surface area contributed by atoms with Gasteiger partial charge >= 0.3 is 0 Å². The lowest BCUT2D eigenvalue weighted by atomic mass is 10.1. The van der Waals surface area contributed by atoms with Gasteiger partial charge < -0.3 is 10.5 Å². The molecule has 0 radical (unpaired) electrons. The van der Waals surface area contributed by atoms with Crippen molar-refractivity contribution in [2.45, 2.75) is 44.2 Å². The average Bonchev–Trinajstić information content (AvgIpc) is 2.94. The number of rotatable bonds is 6. The quantitative estimate of drug-likeness (QED) is 0.673. The number of hydrogen-bond donors (Lipinski definition) is 1. The van der Waals surface area contributed by atoms with Gasteiger partial charge in [-0.25, -0.2) is 0 Å². The van der Waals surface area contributed by atoms with Crippen LogP contribution in [0.25, 0.3) is 0 Å². The van der Waals surface area contributed by atoms with Gasteiger partial charge in [-0.15, -0.1) is 0 Å². The first kappa shape index (κ1) is 11.4. The second kappa shape index (κ2) is 5.28. The molecular weight excluding hydrogens is 188 g/mol. The molecule has 2 fully saturated rings. The molecule has 2 aliphatic carbocycles. The summed E-state index contributed by atoms with van der Waals surface area (Å²) in [6, 6.07) is 0.980. The van der Waals surface area contributed by atoms with Gasteiger partial charge in [0.1, 0.15) is 0 Å². The summed E-state index contributed by atoms with van der Waals surface area (Å²) in [4.78, 5) is 2.38. The highest BCUT2D eigenvalue weighted by Gasteiger charge is 2.27. The number of likely N-dealkylation sites (N-methyl/N-ethyl adjacent to an activating group) is 1.